The standard InChI is InChI=1S/C13H19NO2/c15-10-12-8-13(16)6-7-14(12)9-11-4-2-1-3-5-11/h1-5,12-13,15-16H,6-10H2/t12-,13-/m1/s1. The highest BCUT2D eigenvalue weighted by molar-refractivity contribution is 5.14. The molecular weight excluding hydrogens is 202 g/mol. The Labute approximate surface area is 96.3 Å². The van der Waals surface area contributed by atoms with Crippen molar-refractivity contribution in [1.29, 1.82) is 0 Å². The van der Waals surface area contributed by atoms with Gasteiger partial charge in [-0.05, 0) is 18.4 Å². The second-order valence-corrected chi connectivity index (χ2v) is 4.47. The molecular formula is C13H19NO2. The van der Waals surface area contributed by atoms with E-state index in [0.717, 1.165) is 19.5 Å². The van der Waals surface area contributed by atoms with Crippen molar-refractivity contribution in [3.63, 3.8) is 0 Å². The molecule has 0 radical (unpaired) electrons. The predicted octanol–water partition coefficient (Wildman–Crippen LogP) is 1.00. The number of hydrogen-bond acceptors (Lipinski definition) is 3. The summed E-state index contributed by atoms with van der Waals surface area (Å²) in [7, 11) is 0. The monoisotopic (exact) mass is 221 g/mol. The molecule has 16 heavy (non-hydrogen) atoms. The Morgan fingerprint density at radius 2 is 2.00 bits per heavy atom. The van der Waals surface area contributed by atoms with Crippen molar-refractivity contribution >= 4 is 0 Å². The molecule has 0 saturated carbocycles. The van der Waals surface area contributed by atoms with Crippen LogP contribution in [0.2, 0.25) is 0 Å². The molecule has 0 aliphatic carbocycles. The molecule has 1 aliphatic rings. The van der Waals surface area contributed by atoms with Crippen LogP contribution in [0, 0.1) is 0 Å². The van der Waals surface area contributed by atoms with Gasteiger partial charge in [0.05, 0.1) is 12.7 Å². The van der Waals surface area contributed by atoms with Crippen molar-refractivity contribution in [1.82, 2.24) is 4.90 Å². The first kappa shape index (κ1) is 11.6. The lowest BCUT2D eigenvalue weighted by Crippen LogP contribution is -2.45. The zero-order chi connectivity index (χ0) is 11.4. The van der Waals surface area contributed by atoms with E-state index in [4.69, 9.17) is 0 Å². The molecule has 3 nitrogen and oxygen atoms in total. The van der Waals surface area contributed by atoms with E-state index in [-0.39, 0.29) is 18.8 Å². The molecule has 1 aromatic rings. The minimum absolute atomic E-state index is 0.101. The number of piperidine rings is 1. The molecule has 0 unspecified atom stereocenters. The fraction of sp³-hybridized carbons (Fsp3) is 0.538. The van der Waals surface area contributed by atoms with E-state index in [1.165, 1.54) is 5.56 Å². The minimum Gasteiger partial charge on any atom is -0.395 e. The first-order valence-electron chi connectivity index (χ1n) is 5.86. The summed E-state index contributed by atoms with van der Waals surface area (Å²) in [6, 6.07) is 10.4. The summed E-state index contributed by atoms with van der Waals surface area (Å²) in [5, 5.41) is 18.9. The number of nitrogens with zero attached hydrogens (tertiary/aromatic N) is 1. The van der Waals surface area contributed by atoms with Crippen LogP contribution in [0.5, 0.6) is 0 Å². The van der Waals surface area contributed by atoms with E-state index in [1.807, 2.05) is 18.2 Å². The van der Waals surface area contributed by atoms with Gasteiger partial charge in [-0.15, -0.1) is 0 Å². The Bertz CT molecular complexity index is 315. The summed E-state index contributed by atoms with van der Waals surface area (Å²) in [6.07, 6.45) is 1.25. The number of aliphatic hydroxyl groups excluding tert-OH is 2. The molecule has 0 amide bonds. The van der Waals surface area contributed by atoms with Gasteiger partial charge in [0.2, 0.25) is 0 Å². The van der Waals surface area contributed by atoms with E-state index in [1.54, 1.807) is 0 Å². The van der Waals surface area contributed by atoms with Gasteiger partial charge in [-0.2, -0.15) is 0 Å². The lowest BCUT2D eigenvalue weighted by atomic mass is 9.99. The van der Waals surface area contributed by atoms with Crippen molar-refractivity contribution < 1.29 is 10.2 Å². The molecule has 1 saturated heterocycles. The lowest BCUT2D eigenvalue weighted by molar-refractivity contribution is 0.0129. The first-order chi connectivity index (χ1) is 7.79. The van der Waals surface area contributed by atoms with E-state index in [9.17, 15) is 10.2 Å². The Morgan fingerprint density at radius 3 is 2.69 bits per heavy atom. The third-order valence-corrected chi connectivity index (χ3v) is 3.25. The quantitative estimate of drug-likeness (QED) is 0.800. The highest BCUT2D eigenvalue weighted by Crippen LogP contribution is 2.19. The third kappa shape index (κ3) is 2.82. The van der Waals surface area contributed by atoms with Gasteiger partial charge in [-0.3, -0.25) is 4.90 Å². The molecule has 1 fully saturated rings. The second kappa shape index (κ2) is 5.43. The maximum atomic E-state index is 9.56. The van der Waals surface area contributed by atoms with Gasteiger partial charge in [-0.1, -0.05) is 30.3 Å². The largest absolute Gasteiger partial charge is 0.395 e. The lowest BCUT2D eigenvalue weighted by Gasteiger charge is -2.36. The molecule has 2 atom stereocenters. The molecule has 1 heterocycles. The Hall–Kier alpha value is -0.900. The van der Waals surface area contributed by atoms with Gasteiger partial charge in [0.25, 0.3) is 0 Å². The van der Waals surface area contributed by atoms with Crippen molar-refractivity contribution in [3.8, 4) is 0 Å². The van der Waals surface area contributed by atoms with Crippen LogP contribution < -0.4 is 0 Å². The summed E-state index contributed by atoms with van der Waals surface area (Å²) in [5.74, 6) is 0. The van der Waals surface area contributed by atoms with E-state index < -0.39 is 0 Å². The summed E-state index contributed by atoms with van der Waals surface area (Å²) >= 11 is 0. The predicted molar refractivity (Wildman–Crippen MR) is 63.0 cm³/mol. The van der Waals surface area contributed by atoms with Gasteiger partial charge in [0.15, 0.2) is 0 Å². The van der Waals surface area contributed by atoms with Crippen molar-refractivity contribution in [2.45, 2.75) is 31.5 Å². The van der Waals surface area contributed by atoms with Crippen molar-refractivity contribution in [2.75, 3.05) is 13.2 Å². The number of rotatable bonds is 3. The van der Waals surface area contributed by atoms with Crippen LogP contribution in [0.25, 0.3) is 0 Å². The van der Waals surface area contributed by atoms with E-state index >= 15 is 0 Å². The van der Waals surface area contributed by atoms with Crippen LogP contribution >= 0.6 is 0 Å². The summed E-state index contributed by atoms with van der Waals surface area (Å²) in [6.45, 7) is 1.85. The van der Waals surface area contributed by atoms with Crippen LogP contribution in [0.15, 0.2) is 30.3 Å². The molecule has 88 valence electrons. The molecule has 0 bridgehead atoms. The number of aliphatic hydroxyl groups is 2. The highest BCUT2D eigenvalue weighted by Gasteiger charge is 2.26. The van der Waals surface area contributed by atoms with Crippen LogP contribution in [-0.4, -0.2) is 40.4 Å². The third-order valence-electron chi connectivity index (χ3n) is 3.25. The van der Waals surface area contributed by atoms with Gasteiger partial charge in [0, 0.05) is 19.1 Å². The topological polar surface area (TPSA) is 43.7 Å². The van der Waals surface area contributed by atoms with E-state index in [2.05, 4.69) is 17.0 Å². The number of hydrogen-bond donors (Lipinski definition) is 2. The summed E-state index contributed by atoms with van der Waals surface area (Å²) in [4.78, 5) is 2.25. The molecule has 0 spiro atoms. The van der Waals surface area contributed by atoms with Gasteiger partial charge in [-0.25, -0.2) is 0 Å². The highest BCUT2D eigenvalue weighted by atomic mass is 16.3. The Balaban J connectivity index is 1.98. The zero-order valence-corrected chi connectivity index (χ0v) is 9.42. The fourth-order valence-electron chi connectivity index (χ4n) is 2.29. The maximum Gasteiger partial charge on any atom is 0.0587 e. The van der Waals surface area contributed by atoms with Gasteiger partial charge in [0.1, 0.15) is 0 Å². The molecule has 3 heteroatoms. The maximum absolute atomic E-state index is 9.56. The average molecular weight is 221 g/mol. The first-order valence-corrected chi connectivity index (χ1v) is 5.86. The van der Waals surface area contributed by atoms with Crippen molar-refractivity contribution in [3.05, 3.63) is 35.9 Å². The molecule has 1 aliphatic heterocycles. The molecule has 2 rings (SSSR count). The second-order valence-electron chi connectivity index (χ2n) is 4.47. The van der Waals surface area contributed by atoms with Crippen LogP contribution in [0.4, 0.5) is 0 Å². The molecule has 0 aromatic heterocycles. The fourth-order valence-corrected chi connectivity index (χ4v) is 2.29. The minimum atomic E-state index is -0.246. The molecule has 1 aromatic carbocycles. The van der Waals surface area contributed by atoms with Crippen LogP contribution in [-0.2, 0) is 6.54 Å². The van der Waals surface area contributed by atoms with Crippen molar-refractivity contribution in [2.24, 2.45) is 0 Å². The van der Waals surface area contributed by atoms with Gasteiger partial charge >= 0.3 is 0 Å². The average Bonchev–Trinajstić information content (AvgIpc) is 2.33. The van der Waals surface area contributed by atoms with Gasteiger partial charge < -0.3 is 10.2 Å². The number of benzene rings is 1. The smallest absolute Gasteiger partial charge is 0.0587 e. The molecule has 2 N–H and O–H groups in total. The zero-order valence-electron chi connectivity index (χ0n) is 9.42. The van der Waals surface area contributed by atoms with Crippen LogP contribution in [0.1, 0.15) is 18.4 Å². The van der Waals surface area contributed by atoms with Crippen LogP contribution in [0.3, 0.4) is 0 Å². The SMILES string of the molecule is OC[C@H]1C[C@H](O)CCN1Cc1ccccc1. The Morgan fingerprint density at radius 1 is 1.25 bits per heavy atom. The normalized spacial score (nSPS) is 26.9. The summed E-state index contributed by atoms with van der Waals surface area (Å²) in [5.41, 5.74) is 1.26. The summed E-state index contributed by atoms with van der Waals surface area (Å²) < 4.78 is 0. The Kier molecular flexibility index (Phi) is 3.93. The van der Waals surface area contributed by atoms with E-state index in [0.29, 0.717) is 6.42 Å². The number of likely N-dealkylation sites (tertiary alicyclic amines) is 1.